The highest BCUT2D eigenvalue weighted by Gasteiger charge is 2.31. The van der Waals surface area contributed by atoms with Crippen molar-refractivity contribution in [2.75, 3.05) is 0 Å². The summed E-state index contributed by atoms with van der Waals surface area (Å²) >= 11 is 0. The summed E-state index contributed by atoms with van der Waals surface area (Å²) in [5.74, 6) is -0.422. The zero-order valence-electron chi connectivity index (χ0n) is 12.0. The van der Waals surface area contributed by atoms with E-state index in [1.807, 2.05) is 27.7 Å². The minimum Gasteiger partial charge on any atom is -0.406 e. The fourth-order valence-corrected chi connectivity index (χ4v) is 1.57. The summed E-state index contributed by atoms with van der Waals surface area (Å²) in [4.78, 5) is 12.1. The van der Waals surface area contributed by atoms with Gasteiger partial charge in [-0.1, -0.05) is 39.8 Å². The second kappa shape index (κ2) is 5.85. The first-order chi connectivity index (χ1) is 8.99. The normalized spacial score (nSPS) is 13.9. The topological polar surface area (TPSA) is 26.3 Å². The van der Waals surface area contributed by atoms with Crippen LogP contribution in [-0.2, 0) is 0 Å². The highest BCUT2D eigenvalue weighted by Crippen LogP contribution is 2.30. The minimum atomic E-state index is -4.75. The number of hydrogen-bond donors (Lipinski definition) is 0. The van der Waals surface area contributed by atoms with Crippen LogP contribution in [0, 0.1) is 11.3 Å². The molecule has 0 aliphatic carbocycles. The van der Waals surface area contributed by atoms with E-state index in [-0.39, 0.29) is 28.4 Å². The van der Waals surface area contributed by atoms with E-state index < -0.39 is 6.36 Å². The van der Waals surface area contributed by atoms with Gasteiger partial charge < -0.3 is 4.74 Å². The third kappa shape index (κ3) is 5.23. The number of halogens is 3. The second-order valence-electron chi connectivity index (χ2n) is 5.97. The highest BCUT2D eigenvalue weighted by atomic mass is 19.4. The van der Waals surface area contributed by atoms with Gasteiger partial charge in [-0.15, -0.1) is 13.2 Å². The lowest BCUT2D eigenvalue weighted by Crippen LogP contribution is -2.21. The van der Waals surface area contributed by atoms with Crippen molar-refractivity contribution in [1.29, 1.82) is 0 Å². The van der Waals surface area contributed by atoms with Crippen molar-refractivity contribution in [3.63, 3.8) is 0 Å². The zero-order valence-corrected chi connectivity index (χ0v) is 12.0. The number of carbonyl (C=O) groups excluding carboxylic acids is 1. The maximum absolute atomic E-state index is 12.1. The standard InChI is InChI=1S/C15H19F3O2/c1-10(14(2,3)4)8-13(19)11-6-5-7-12(9-11)20-15(16,17)18/h5-7,9-10H,8H2,1-4H3. The molecule has 0 aliphatic rings. The summed E-state index contributed by atoms with van der Waals surface area (Å²) in [5.41, 5.74) is 0.207. The van der Waals surface area contributed by atoms with Gasteiger partial charge in [0.1, 0.15) is 5.75 Å². The average molecular weight is 288 g/mol. The zero-order chi connectivity index (χ0) is 15.6. The van der Waals surface area contributed by atoms with E-state index in [9.17, 15) is 18.0 Å². The Morgan fingerprint density at radius 2 is 1.85 bits per heavy atom. The SMILES string of the molecule is CC(CC(=O)c1cccc(OC(F)(F)F)c1)C(C)(C)C. The van der Waals surface area contributed by atoms with Gasteiger partial charge in [-0.2, -0.15) is 0 Å². The molecule has 1 aromatic rings. The van der Waals surface area contributed by atoms with Gasteiger partial charge in [-0.25, -0.2) is 0 Å². The Balaban J connectivity index is 2.82. The maximum atomic E-state index is 12.1. The lowest BCUT2D eigenvalue weighted by atomic mass is 9.78. The molecule has 1 aromatic carbocycles. The van der Waals surface area contributed by atoms with Crippen LogP contribution in [0.15, 0.2) is 24.3 Å². The fraction of sp³-hybridized carbons (Fsp3) is 0.533. The lowest BCUT2D eigenvalue weighted by molar-refractivity contribution is -0.274. The molecule has 0 N–H and O–H groups in total. The Bertz CT molecular complexity index is 473. The molecule has 2 nitrogen and oxygen atoms in total. The first-order valence-corrected chi connectivity index (χ1v) is 6.38. The van der Waals surface area contributed by atoms with E-state index in [0.29, 0.717) is 6.42 Å². The summed E-state index contributed by atoms with van der Waals surface area (Å²) < 4.78 is 40.2. The van der Waals surface area contributed by atoms with Gasteiger partial charge in [0.15, 0.2) is 5.78 Å². The molecule has 1 unspecified atom stereocenters. The Morgan fingerprint density at radius 3 is 2.35 bits per heavy atom. The van der Waals surface area contributed by atoms with E-state index in [1.165, 1.54) is 18.2 Å². The molecule has 0 saturated carbocycles. The van der Waals surface area contributed by atoms with E-state index in [4.69, 9.17) is 0 Å². The Kier molecular flexibility index (Phi) is 4.84. The number of carbonyl (C=O) groups is 1. The molecule has 5 heteroatoms. The van der Waals surface area contributed by atoms with Gasteiger partial charge >= 0.3 is 6.36 Å². The molecule has 0 spiro atoms. The fourth-order valence-electron chi connectivity index (χ4n) is 1.57. The van der Waals surface area contributed by atoms with Gasteiger partial charge in [0.05, 0.1) is 0 Å². The monoisotopic (exact) mass is 288 g/mol. The van der Waals surface area contributed by atoms with Crippen molar-refractivity contribution in [2.24, 2.45) is 11.3 Å². The Morgan fingerprint density at radius 1 is 1.25 bits per heavy atom. The molecule has 0 bridgehead atoms. The van der Waals surface area contributed by atoms with E-state index >= 15 is 0 Å². The minimum absolute atomic E-state index is 0.0320. The number of Topliss-reactive ketones (excluding diaryl/α,β-unsaturated/α-hetero) is 1. The van der Waals surface area contributed by atoms with Gasteiger partial charge in [0, 0.05) is 12.0 Å². The number of ether oxygens (including phenoxy) is 1. The number of benzene rings is 1. The van der Waals surface area contributed by atoms with Crippen molar-refractivity contribution < 1.29 is 22.7 Å². The van der Waals surface area contributed by atoms with Crippen molar-refractivity contribution >= 4 is 5.78 Å². The van der Waals surface area contributed by atoms with Crippen molar-refractivity contribution in [3.8, 4) is 5.75 Å². The predicted molar refractivity (Wildman–Crippen MR) is 70.7 cm³/mol. The molecule has 0 amide bonds. The third-order valence-electron chi connectivity index (χ3n) is 3.36. The molecule has 0 fully saturated rings. The average Bonchev–Trinajstić information content (AvgIpc) is 2.25. The van der Waals surface area contributed by atoms with Crippen LogP contribution in [0.25, 0.3) is 0 Å². The van der Waals surface area contributed by atoms with Crippen molar-refractivity contribution in [3.05, 3.63) is 29.8 Å². The predicted octanol–water partition coefficient (Wildman–Crippen LogP) is 4.84. The number of alkyl halides is 3. The van der Waals surface area contributed by atoms with Crippen LogP contribution >= 0.6 is 0 Å². The molecule has 0 aliphatic heterocycles. The first-order valence-electron chi connectivity index (χ1n) is 6.38. The summed E-state index contributed by atoms with van der Waals surface area (Å²) in [7, 11) is 0. The van der Waals surface area contributed by atoms with Crippen LogP contribution in [-0.4, -0.2) is 12.1 Å². The summed E-state index contributed by atoms with van der Waals surface area (Å²) in [5, 5.41) is 0. The van der Waals surface area contributed by atoms with Crippen molar-refractivity contribution in [2.45, 2.75) is 40.5 Å². The van der Waals surface area contributed by atoms with Crippen LogP contribution in [0.4, 0.5) is 13.2 Å². The molecular formula is C15H19F3O2. The molecule has 1 atom stereocenters. The van der Waals surface area contributed by atoms with Gasteiger partial charge in [0.2, 0.25) is 0 Å². The second-order valence-corrected chi connectivity index (χ2v) is 5.97. The Hall–Kier alpha value is -1.52. The largest absolute Gasteiger partial charge is 0.573 e. The first kappa shape index (κ1) is 16.5. The van der Waals surface area contributed by atoms with Gasteiger partial charge in [0.25, 0.3) is 0 Å². The maximum Gasteiger partial charge on any atom is 0.573 e. The molecule has 1 rings (SSSR count). The number of ketones is 1. The molecule has 0 aromatic heterocycles. The van der Waals surface area contributed by atoms with Crippen LogP contribution < -0.4 is 4.74 Å². The summed E-state index contributed by atoms with van der Waals surface area (Å²) in [6, 6.07) is 5.19. The quantitative estimate of drug-likeness (QED) is 0.741. The van der Waals surface area contributed by atoms with Crippen LogP contribution in [0.3, 0.4) is 0 Å². The van der Waals surface area contributed by atoms with Crippen LogP contribution in [0.1, 0.15) is 44.5 Å². The van der Waals surface area contributed by atoms with E-state index in [1.54, 1.807) is 0 Å². The van der Waals surface area contributed by atoms with E-state index in [2.05, 4.69) is 4.74 Å². The van der Waals surface area contributed by atoms with Gasteiger partial charge in [-0.05, 0) is 23.5 Å². The molecule has 112 valence electrons. The molecular weight excluding hydrogens is 269 g/mol. The molecule has 0 heterocycles. The van der Waals surface area contributed by atoms with E-state index in [0.717, 1.165) is 6.07 Å². The Labute approximate surface area is 116 Å². The lowest BCUT2D eigenvalue weighted by Gasteiger charge is -2.26. The highest BCUT2D eigenvalue weighted by molar-refractivity contribution is 5.96. The molecule has 0 radical (unpaired) electrons. The summed E-state index contributed by atoms with van der Waals surface area (Å²) in [6.07, 6.45) is -4.46. The number of hydrogen-bond acceptors (Lipinski definition) is 2. The van der Waals surface area contributed by atoms with Crippen molar-refractivity contribution in [1.82, 2.24) is 0 Å². The van der Waals surface area contributed by atoms with Crippen LogP contribution in [0.5, 0.6) is 5.75 Å². The van der Waals surface area contributed by atoms with Gasteiger partial charge in [-0.3, -0.25) is 4.79 Å². The number of rotatable bonds is 4. The smallest absolute Gasteiger partial charge is 0.406 e. The molecule has 20 heavy (non-hydrogen) atoms. The third-order valence-corrected chi connectivity index (χ3v) is 3.36. The summed E-state index contributed by atoms with van der Waals surface area (Å²) in [6.45, 7) is 8.02. The molecule has 0 saturated heterocycles. The van der Waals surface area contributed by atoms with Crippen LogP contribution in [0.2, 0.25) is 0 Å².